The van der Waals surface area contributed by atoms with Crippen LogP contribution in [0.3, 0.4) is 0 Å². The highest BCUT2D eigenvalue weighted by atomic mass is 35.5. The van der Waals surface area contributed by atoms with E-state index in [1.54, 1.807) is 11.3 Å². The molecule has 1 aliphatic heterocycles. The van der Waals surface area contributed by atoms with Gasteiger partial charge in [0.05, 0.1) is 6.42 Å². The monoisotopic (exact) mass is 358 g/mol. The molecule has 3 nitrogen and oxygen atoms in total. The van der Waals surface area contributed by atoms with Crippen LogP contribution in [-0.4, -0.2) is 28.9 Å². The number of thiophene rings is 1. The number of piperidine rings is 1. The molecule has 1 N–H and O–H groups in total. The first-order valence-corrected chi connectivity index (χ1v) is 9.53. The molecule has 3 heterocycles. The molecule has 2 aromatic heterocycles. The Morgan fingerprint density at radius 3 is 2.88 bits per heavy atom. The molecule has 0 aliphatic carbocycles. The second-order valence-corrected chi connectivity index (χ2v) is 7.81. The molecule has 124 valence electrons. The van der Waals surface area contributed by atoms with Crippen LogP contribution >= 0.6 is 22.9 Å². The second kappa shape index (κ2) is 6.61. The van der Waals surface area contributed by atoms with E-state index in [9.17, 15) is 4.79 Å². The number of rotatable bonds is 3. The molecule has 1 fully saturated rings. The van der Waals surface area contributed by atoms with Gasteiger partial charge in [0.25, 0.3) is 0 Å². The lowest BCUT2D eigenvalue weighted by molar-refractivity contribution is -0.131. The highest BCUT2D eigenvalue weighted by molar-refractivity contribution is 7.10. The van der Waals surface area contributed by atoms with E-state index in [1.165, 1.54) is 10.9 Å². The standard InChI is InChI=1S/C19H19ClN2OS/c20-14-3-4-18-16(10-14)17(12-21-18)13-5-7-22(8-6-13)19(23)11-15-2-1-9-24-15/h1-4,9-10,12-13,21H,5-8,11H2. The van der Waals surface area contributed by atoms with Crippen molar-refractivity contribution in [3.8, 4) is 0 Å². The Morgan fingerprint density at radius 2 is 2.12 bits per heavy atom. The fraction of sp³-hybridized carbons (Fsp3) is 0.316. The average molecular weight is 359 g/mol. The normalized spacial score (nSPS) is 16.0. The van der Waals surface area contributed by atoms with Crippen LogP contribution in [0.15, 0.2) is 41.9 Å². The minimum Gasteiger partial charge on any atom is -0.361 e. The number of halogens is 1. The van der Waals surface area contributed by atoms with Crippen LogP contribution in [0.4, 0.5) is 0 Å². The molecule has 24 heavy (non-hydrogen) atoms. The zero-order valence-electron chi connectivity index (χ0n) is 13.3. The topological polar surface area (TPSA) is 36.1 Å². The van der Waals surface area contributed by atoms with E-state index in [0.717, 1.165) is 41.3 Å². The van der Waals surface area contributed by atoms with Gasteiger partial charge in [-0.2, -0.15) is 0 Å². The fourth-order valence-electron chi connectivity index (χ4n) is 3.57. The van der Waals surface area contributed by atoms with E-state index >= 15 is 0 Å². The molecule has 0 spiro atoms. The summed E-state index contributed by atoms with van der Waals surface area (Å²) in [4.78, 5) is 18.9. The molecule has 5 heteroatoms. The zero-order valence-corrected chi connectivity index (χ0v) is 14.9. The van der Waals surface area contributed by atoms with E-state index < -0.39 is 0 Å². The lowest BCUT2D eigenvalue weighted by atomic mass is 9.89. The third-order valence-electron chi connectivity index (χ3n) is 4.87. The first-order chi connectivity index (χ1) is 11.7. The number of carbonyl (C=O) groups is 1. The van der Waals surface area contributed by atoms with Crippen LogP contribution in [0.2, 0.25) is 5.02 Å². The number of likely N-dealkylation sites (tertiary alicyclic amines) is 1. The minimum absolute atomic E-state index is 0.248. The third kappa shape index (κ3) is 3.08. The van der Waals surface area contributed by atoms with Crippen LogP contribution in [0, 0.1) is 0 Å². The fourth-order valence-corrected chi connectivity index (χ4v) is 4.43. The van der Waals surface area contributed by atoms with Crippen molar-refractivity contribution in [1.82, 2.24) is 9.88 Å². The predicted molar refractivity (Wildman–Crippen MR) is 99.9 cm³/mol. The van der Waals surface area contributed by atoms with Crippen molar-refractivity contribution >= 4 is 39.7 Å². The highest BCUT2D eigenvalue weighted by Crippen LogP contribution is 2.34. The van der Waals surface area contributed by atoms with Gasteiger partial charge in [0, 0.05) is 40.1 Å². The Balaban J connectivity index is 1.43. The Morgan fingerprint density at radius 1 is 1.29 bits per heavy atom. The Kier molecular flexibility index (Phi) is 4.33. The van der Waals surface area contributed by atoms with Gasteiger partial charge in [0.2, 0.25) is 5.91 Å². The van der Waals surface area contributed by atoms with Gasteiger partial charge in [-0.05, 0) is 54.0 Å². The lowest BCUT2D eigenvalue weighted by Crippen LogP contribution is -2.38. The van der Waals surface area contributed by atoms with Gasteiger partial charge in [-0.1, -0.05) is 17.7 Å². The third-order valence-corrected chi connectivity index (χ3v) is 5.98. The molecule has 0 bridgehead atoms. The summed E-state index contributed by atoms with van der Waals surface area (Å²) in [6.07, 6.45) is 4.66. The van der Waals surface area contributed by atoms with Gasteiger partial charge in [-0.3, -0.25) is 4.79 Å². The summed E-state index contributed by atoms with van der Waals surface area (Å²) in [7, 11) is 0. The summed E-state index contributed by atoms with van der Waals surface area (Å²) in [6, 6.07) is 10.0. The predicted octanol–water partition coefficient (Wildman–Crippen LogP) is 4.83. The van der Waals surface area contributed by atoms with Crippen molar-refractivity contribution < 1.29 is 4.79 Å². The number of fused-ring (bicyclic) bond motifs is 1. The van der Waals surface area contributed by atoms with E-state index in [2.05, 4.69) is 11.2 Å². The number of nitrogens with zero attached hydrogens (tertiary/aromatic N) is 1. The van der Waals surface area contributed by atoms with Gasteiger partial charge in [0.15, 0.2) is 0 Å². The number of amides is 1. The number of nitrogens with one attached hydrogen (secondary N) is 1. The number of hydrogen-bond donors (Lipinski definition) is 1. The Labute approximate surface area is 150 Å². The van der Waals surface area contributed by atoms with Crippen LogP contribution < -0.4 is 0 Å². The number of carbonyl (C=O) groups excluding carboxylic acids is 1. The van der Waals surface area contributed by atoms with Crippen molar-refractivity contribution in [3.05, 3.63) is 57.4 Å². The van der Waals surface area contributed by atoms with Crippen LogP contribution in [0.25, 0.3) is 10.9 Å². The van der Waals surface area contributed by atoms with Gasteiger partial charge < -0.3 is 9.88 Å². The van der Waals surface area contributed by atoms with Crippen molar-refractivity contribution in [2.45, 2.75) is 25.2 Å². The molecule has 4 rings (SSSR count). The molecule has 0 radical (unpaired) electrons. The second-order valence-electron chi connectivity index (χ2n) is 6.35. The van der Waals surface area contributed by atoms with Gasteiger partial charge in [-0.15, -0.1) is 11.3 Å². The van der Waals surface area contributed by atoms with E-state index in [-0.39, 0.29) is 5.91 Å². The Bertz CT molecular complexity index is 848. The molecule has 1 aliphatic rings. The van der Waals surface area contributed by atoms with Gasteiger partial charge >= 0.3 is 0 Å². The number of benzene rings is 1. The molecular weight excluding hydrogens is 340 g/mol. The quantitative estimate of drug-likeness (QED) is 0.715. The summed E-state index contributed by atoms with van der Waals surface area (Å²) in [5.41, 5.74) is 2.46. The van der Waals surface area contributed by atoms with Crippen molar-refractivity contribution in [2.24, 2.45) is 0 Å². The van der Waals surface area contributed by atoms with E-state index in [4.69, 9.17) is 11.6 Å². The maximum absolute atomic E-state index is 12.4. The maximum atomic E-state index is 12.4. The number of aromatic nitrogens is 1. The summed E-state index contributed by atoms with van der Waals surface area (Å²) in [5.74, 6) is 0.737. The van der Waals surface area contributed by atoms with Gasteiger partial charge in [-0.25, -0.2) is 0 Å². The van der Waals surface area contributed by atoms with Gasteiger partial charge in [0.1, 0.15) is 0 Å². The molecule has 3 aromatic rings. The maximum Gasteiger partial charge on any atom is 0.227 e. The number of hydrogen-bond acceptors (Lipinski definition) is 2. The lowest BCUT2D eigenvalue weighted by Gasteiger charge is -2.32. The van der Waals surface area contributed by atoms with E-state index in [1.807, 2.05) is 40.6 Å². The first-order valence-electron chi connectivity index (χ1n) is 8.27. The van der Waals surface area contributed by atoms with Crippen LogP contribution in [0.1, 0.15) is 29.2 Å². The van der Waals surface area contributed by atoms with Crippen molar-refractivity contribution in [3.63, 3.8) is 0 Å². The molecular formula is C19H19ClN2OS. The summed E-state index contributed by atoms with van der Waals surface area (Å²) >= 11 is 7.81. The summed E-state index contributed by atoms with van der Waals surface area (Å²) in [5, 5.41) is 4.01. The molecule has 1 amide bonds. The summed E-state index contributed by atoms with van der Waals surface area (Å²) in [6.45, 7) is 1.67. The summed E-state index contributed by atoms with van der Waals surface area (Å²) < 4.78 is 0. The highest BCUT2D eigenvalue weighted by Gasteiger charge is 2.25. The van der Waals surface area contributed by atoms with E-state index in [0.29, 0.717) is 12.3 Å². The molecule has 0 unspecified atom stereocenters. The van der Waals surface area contributed by atoms with Crippen LogP contribution in [-0.2, 0) is 11.2 Å². The first kappa shape index (κ1) is 15.7. The minimum atomic E-state index is 0.248. The van der Waals surface area contributed by atoms with Crippen molar-refractivity contribution in [1.29, 1.82) is 0 Å². The zero-order chi connectivity index (χ0) is 16.5. The average Bonchev–Trinajstić information content (AvgIpc) is 3.24. The van der Waals surface area contributed by atoms with Crippen molar-refractivity contribution in [2.75, 3.05) is 13.1 Å². The molecule has 1 saturated heterocycles. The SMILES string of the molecule is O=C(Cc1cccs1)N1CCC(c2c[nH]c3ccc(Cl)cc23)CC1. The van der Waals surface area contributed by atoms with Crippen LogP contribution in [0.5, 0.6) is 0 Å². The molecule has 0 atom stereocenters. The molecule has 1 aromatic carbocycles. The smallest absolute Gasteiger partial charge is 0.227 e. The Hall–Kier alpha value is -1.78. The molecule has 0 saturated carbocycles. The number of aromatic amines is 1. The number of H-pyrrole nitrogens is 1. The largest absolute Gasteiger partial charge is 0.361 e.